The Kier molecular flexibility index (Phi) is 4.67. The summed E-state index contributed by atoms with van der Waals surface area (Å²) in [5, 5.41) is 7.24. The van der Waals surface area contributed by atoms with E-state index in [2.05, 4.69) is 15.4 Å². The second kappa shape index (κ2) is 7.31. The highest BCUT2D eigenvalue weighted by atomic mass is 19.1. The highest BCUT2D eigenvalue weighted by molar-refractivity contribution is 5.90. The van der Waals surface area contributed by atoms with Gasteiger partial charge in [-0.1, -0.05) is 6.07 Å². The highest BCUT2D eigenvalue weighted by Gasteiger charge is 2.14. The second-order valence-corrected chi connectivity index (χ2v) is 6.79. The molecule has 1 amide bonds. The summed E-state index contributed by atoms with van der Waals surface area (Å²) in [6.45, 7) is 3.81. The third-order valence-electron chi connectivity index (χ3n) is 4.73. The van der Waals surface area contributed by atoms with Crippen LogP contribution in [0.3, 0.4) is 0 Å². The molecule has 2 heterocycles. The molecular formula is C21H18FN5O2. The summed E-state index contributed by atoms with van der Waals surface area (Å²) >= 11 is 0. The van der Waals surface area contributed by atoms with Crippen molar-refractivity contribution in [3.05, 3.63) is 82.3 Å². The number of aromatic nitrogens is 4. The lowest BCUT2D eigenvalue weighted by Crippen LogP contribution is -2.27. The number of hydrogen-bond acceptors (Lipinski definition) is 4. The standard InChI is InChI=1S/C21H18FN5O2/c1-13-3-8-17(9-14(13)2)27-20-18(10-24-27)21(29)26(12-23-20)11-19(28)25-16-6-4-15(22)5-7-16/h3-10,12H,11H2,1-2H3,(H,25,28). The molecule has 1 N–H and O–H groups in total. The van der Waals surface area contributed by atoms with Crippen LogP contribution in [-0.4, -0.2) is 25.2 Å². The number of benzene rings is 2. The van der Waals surface area contributed by atoms with Gasteiger partial charge in [0.25, 0.3) is 5.56 Å². The van der Waals surface area contributed by atoms with E-state index >= 15 is 0 Å². The summed E-state index contributed by atoms with van der Waals surface area (Å²) in [6, 6.07) is 11.3. The molecule has 2 aromatic carbocycles. The van der Waals surface area contributed by atoms with Crippen LogP contribution in [0.15, 0.2) is 59.8 Å². The van der Waals surface area contributed by atoms with E-state index in [1.165, 1.54) is 41.4 Å². The van der Waals surface area contributed by atoms with E-state index in [1.54, 1.807) is 4.68 Å². The van der Waals surface area contributed by atoms with Crippen molar-refractivity contribution in [1.82, 2.24) is 19.3 Å². The molecule has 0 saturated heterocycles. The second-order valence-electron chi connectivity index (χ2n) is 6.79. The van der Waals surface area contributed by atoms with E-state index in [9.17, 15) is 14.0 Å². The van der Waals surface area contributed by atoms with Crippen LogP contribution in [0.2, 0.25) is 0 Å². The third kappa shape index (κ3) is 3.64. The number of carbonyl (C=O) groups is 1. The topological polar surface area (TPSA) is 81.8 Å². The Morgan fingerprint density at radius 3 is 2.59 bits per heavy atom. The lowest BCUT2D eigenvalue weighted by atomic mass is 10.1. The van der Waals surface area contributed by atoms with Gasteiger partial charge in [-0.15, -0.1) is 0 Å². The van der Waals surface area contributed by atoms with E-state index < -0.39 is 11.7 Å². The third-order valence-corrected chi connectivity index (χ3v) is 4.73. The molecule has 0 aliphatic rings. The van der Waals surface area contributed by atoms with E-state index in [0.717, 1.165) is 16.8 Å². The summed E-state index contributed by atoms with van der Waals surface area (Å²) in [6.07, 6.45) is 2.78. The van der Waals surface area contributed by atoms with Gasteiger partial charge in [-0.25, -0.2) is 14.1 Å². The van der Waals surface area contributed by atoms with Gasteiger partial charge in [0.2, 0.25) is 5.91 Å². The molecule has 0 aliphatic heterocycles. The van der Waals surface area contributed by atoms with Crippen molar-refractivity contribution in [2.45, 2.75) is 20.4 Å². The zero-order chi connectivity index (χ0) is 20.5. The number of nitrogens with one attached hydrogen (secondary N) is 1. The summed E-state index contributed by atoms with van der Waals surface area (Å²) < 4.78 is 15.8. The molecule has 29 heavy (non-hydrogen) atoms. The first kappa shape index (κ1) is 18.5. The Balaban J connectivity index is 1.61. The largest absolute Gasteiger partial charge is 0.325 e. The zero-order valence-electron chi connectivity index (χ0n) is 15.9. The van der Waals surface area contributed by atoms with Crippen molar-refractivity contribution in [2.75, 3.05) is 5.32 Å². The minimum absolute atomic E-state index is 0.214. The molecule has 0 aliphatic carbocycles. The van der Waals surface area contributed by atoms with Crippen LogP contribution in [0, 0.1) is 19.7 Å². The summed E-state index contributed by atoms with van der Waals surface area (Å²) in [5.74, 6) is -0.809. The lowest BCUT2D eigenvalue weighted by Gasteiger charge is -2.08. The van der Waals surface area contributed by atoms with E-state index in [0.29, 0.717) is 16.7 Å². The average molecular weight is 391 g/mol. The van der Waals surface area contributed by atoms with Gasteiger partial charge in [-0.05, 0) is 61.4 Å². The molecule has 0 atom stereocenters. The van der Waals surface area contributed by atoms with Crippen molar-refractivity contribution in [3.63, 3.8) is 0 Å². The quantitative estimate of drug-likeness (QED) is 0.580. The maximum atomic E-state index is 13.0. The van der Waals surface area contributed by atoms with Gasteiger partial charge < -0.3 is 5.32 Å². The van der Waals surface area contributed by atoms with Crippen LogP contribution in [-0.2, 0) is 11.3 Å². The van der Waals surface area contributed by atoms with Crippen LogP contribution in [0.5, 0.6) is 0 Å². The number of amides is 1. The first-order valence-corrected chi connectivity index (χ1v) is 8.98. The fourth-order valence-electron chi connectivity index (χ4n) is 3.00. The Morgan fingerprint density at radius 2 is 1.86 bits per heavy atom. The SMILES string of the molecule is Cc1ccc(-n2ncc3c(=O)n(CC(=O)Nc4ccc(F)cc4)cnc32)cc1C. The number of halogens is 1. The summed E-state index contributed by atoms with van der Waals surface area (Å²) in [4.78, 5) is 29.3. The number of hydrogen-bond donors (Lipinski definition) is 1. The maximum Gasteiger partial charge on any atom is 0.264 e. The van der Waals surface area contributed by atoms with Gasteiger partial charge in [-0.3, -0.25) is 14.2 Å². The van der Waals surface area contributed by atoms with Crippen LogP contribution >= 0.6 is 0 Å². The molecule has 0 saturated carbocycles. The number of rotatable bonds is 4. The zero-order valence-corrected chi connectivity index (χ0v) is 15.9. The Bertz CT molecular complexity index is 1270. The molecule has 4 aromatic rings. The fourth-order valence-corrected chi connectivity index (χ4v) is 3.00. The Labute approximate surface area is 165 Å². The van der Waals surface area contributed by atoms with Crippen molar-refractivity contribution in [2.24, 2.45) is 0 Å². The summed E-state index contributed by atoms with van der Waals surface area (Å²) in [7, 11) is 0. The van der Waals surface area contributed by atoms with Crippen LogP contribution in [0.1, 0.15) is 11.1 Å². The van der Waals surface area contributed by atoms with Crippen LogP contribution in [0.4, 0.5) is 10.1 Å². The lowest BCUT2D eigenvalue weighted by molar-refractivity contribution is -0.116. The molecule has 146 valence electrons. The van der Waals surface area contributed by atoms with Gasteiger partial charge in [0.05, 0.1) is 11.9 Å². The van der Waals surface area contributed by atoms with Crippen molar-refractivity contribution < 1.29 is 9.18 Å². The average Bonchev–Trinajstić information content (AvgIpc) is 3.13. The minimum atomic E-state index is -0.415. The first-order valence-electron chi connectivity index (χ1n) is 8.98. The van der Waals surface area contributed by atoms with Gasteiger partial charge in [-0.2, -0.15) is 5.10 Å². The Hall–Kier alpha value is -3.81. The fraction of sp³-hybridized carbons (Fsp3) is 0.143. The van der Waals surface area contributed by atoms with Gasteiger partial charge in [0, 0.05) is 5.69 Å². The van der Waals surface area contributed by atoms with E-state index in [4.69, 9.17) is 0 Å². The van der Waals surface area contributed by atoms with Crippen molar-refractivity contribution in [3.8, 4) is 5.69 Å². The molecule has 7 nitrogen and oxygen atoms in total. The molecule has 0 bridgehead atoms. The molecule has 0 fully saturated rings. The molecule has 4 rings (SSSR count). The van der Waals surface area contributed by atoms with E-state index in [1.807, 2.05) is 32.0 Å². The molecule has 8 heteroatoms. The highest BCUT2D eigenvalue weighted by Crippen LogP contribution is 2.17. The minimum Gasteiger partial charge on any atom is -0.325 e. The first-order chi connectivity index (χ1) is 13.9. The Morgan fingerprint density at radius 1 is 1.10 bits per heavy atom. The van der Waals surface area contributed by atoms with Crippen LogP contribution < -0.4 is 10.9 Å². The molecule has 0 unspecified atom stereocenters. The number of aryl methyl sites for hydroxylation is 2. The smallest absolute Gasteiger partial charge is 0.264 e. The molecule has 2 aromatic heterocycles. The maximum absolute atomic E-state index is 13.0. The molecule has 0 spiro atoms. The number of nitrogens with zero attached hydrogens (tertiary/aromatic N) is 4. The van der Waals surface area contributed by atoms with Gasteiger partial charge >= 0.3 is 0 Å². The van der Waals surface area contributed by atoms with Gasteiger partial charge in [0.15, 0.2) is 5.65 Å². The van der Waals surface area contributed by atoms with E-state index in [-0.39, 0.29) is 12.1 Å². The monoisotopic (exact) mass is 391 g/mol. The van der Waals surface area contributed by atoms with Crippen LogP contribution in [0.25, 0.3) is 16.7 Å². The number of carbonyl (C=O) groups excluding carboxylic acids is 1. The van der Waals surface area contributed by atoms with Gasteiger partial charge in [0.1, 0.15) is 24.1 Å². The van der Waals surface area contributed by atoms with Crippen molar-refractivity contribution >= 4 is 22.6 Å². The molecular weight excluding hydrogens is 373 g/mol. The number of fused-ring (bicyclic) bond motifs is 1. The number of anilines is 1. The predicted octanol–water partition coefficient (Wildman–Crippen LogP) is 2.98. The van der Waals surface area contributed by atoms with Crippen molar-refractivity contribution in [1.29, 1.82) is 0 Å². The predicted molar refractivity (Wildman–Crippen MR) is 108 cm³/mol. The summed E-state index contributed by atoms with van der Waals surface area (Å²) in [5.41, 5.74) is 3.58. The normalized spacial score (nSPS) is 11.0. The molecule has 0 radical (unpaired) electrons.